The van der Waals surface area contributed by atoms with E-state index in [9.17, 15) is 9.59 Å². The fraction of sp³-hybridized carbons (Fsp3) is 0.765. The largest absolute Gasteiger partial charge is 0.421 e. The highest BCUT2D eigenvalue weighted by Gasteiger charge is 2.50. The second-order valence-corrected chi connectivity index (χ2v) is 7.79. The molecule has 0 aromatic carbocycles. The fourth-order valence-corrected chi connectivity index (χ4v) is 3.52. The smallest absolute Gasteiger partial charge is 0.305 e. The summed E-state index contributed by atoms with van der Waals surface area (Å²) in [4.78, 5) is 25.3. The number of likely N-dealkylation sites (N-methyl/N-ethyl adjacent to an activating group) is 2. The topological polar surface area (TPSA) is 58.2 Å². The van der Waals surface area contributed by atoms with E-state index in [1.165, 1.54) is 0 Å². The summed E-state index contributed by atoms with van der Waals surface area (Å²) < 4.78 is -0.0273. The molecule has 0 rings (SSSR count). The molecular formula is C17H35N4O2Si+2. The van der Waals surface area contributed by atoms with E-state index in [-0.39, 0.29) is 21.0 Å². The van der Waals surface area contributed by atoms with E-state index in [0.29, 0.717) is 18.3 Å². The van der Waals surface area contributed by atoms with E-state index in [1.807, 2.05) is 0 Å². The summed E-state index contributed by atoms with van der Waals surface area (Å²) in [5, 5.41) is 6.52. The third-order valence-electron chi connectivity index (χ3n) is 4.19. The fourth-order valence-electron chi connectivity index (χ4n) is 2.87. The van der Waals surface area contributed by atoms with Crippen LogP contribution in [0.1, 0.15) is 39.5 Å². The molecule has 0 aliphatic heterocycles. The predicted molar refractivity (Wildman–Crippen MR) is 99.5 cm³/mol. The quantitative estimate of drug-likeness (QED) is 0.288. The third-order valence-corrected chi connectivity index (χ3v) is 4.45. The summed E-state index contributed by atoms with van der Waals surface area (Å²) in [7, 11) is 10.7. The SMILES string of the molecule is C=C([Si])C([N+](C)(C)C(=O)NCCCC)[N+](C)(C)C(=O)NCCCC. The van der Waals surface area contributed by atoms with Gasteiger partial charge in [-0.25, -0.2) is 9.59 Å². The van der Waals surface area contributed by atoms with E-state index in [1.54, 1.807) is 28.2 Å². The van der Waals surface area contributed by atoms with Crippen molar-refractivity contribution in [3.8, 4) is 0 Å². The van der Waals surface area contributed by atoms with Crippen LogP contribution >= 0.6 is 0 Å². The molecule has 0 saturated heterocycles. The summed E-state index contributed by atoms with van der Waals surface area (Å²) in [6.07, 6.45) is 3.44. The van der Waals surface area contributed by atoms with Gasteiger partial charge in [-0.3, -0.25) is 0 Å². The molecule has 137 valence electrons. The molecule has 3 radical (unpaired) electrons. The van der Waals surface area contributed by atoms with E-state index in [0.717, 1.165) is 25.7 Å². The van der Waals surface area contributed by atoms with Crippen LogP contribution in [0.4, 0.5) is 9.59 Å². The Morgan fingerprint density at radius 2 is 1.25 bits per heavy atom. The molecule has 0 aromatic heterocycles. The summed E-state index contributed by atoms with van der Waals surface area (Å²) in [6, 6.07) is -0.249. The Labute approximate surface area is 150 Å². The molecule has 0 aromatic rings. The first kappa shape index (κ1) is 22.8. The molecule has 0 fully saturated rings. The second kappa shape index (κ2) is 9.96. The lowest BCUT2D eigenvalue weighted by molar-refractivity contribution is -1.02. The summed E-state index contributed by atoms with van der Waals surface area (Å²) in [5.41, 5.74) is 0. The van der Waals surface area contributed by atoms with Gasteiger partial charge in [-0.2, -0.15) is 8.97 Å². The van der Waals surface area contributed by atoms with Crippen LogP contribution in [0.2, 0.25) is 0 Å². The van der Waals surface area contributed by atoms with E-state index < -0.39 is 6.17 Å². The van der Waals surface area contributed by atoms with Crippen molar-refractivity contribution in [3.63, 3.8) is 0 Å². The van der Waals surface area contributed by atoms with Crippen molar-refractivity contribution in [1.29, 1.82) is 0 Å². The number of nitrogens with zero attached hydrogens (tertiary/aromatic N) is 2. The number of quaternary nitrogens is 2. The summed E-state index contributed by atoms with van der Waals surface area (Å²) in [6.45, 7) is 9.39. The normalized spacial score (nSPS) is 12.2. The Morgan fingerprint density at radius 3 is 1.50 bits per heavy atom. The maximum atomic E-state index is 12.7. The van der Waals surface area contributed by atoms with Gasteiger partial charge in [-0.1, -0.05) is 33.3 Å². The van der Waals surface area contributed by atoms with Gasteiger partial charge in [0.05, 0.1) is 38.4 Å². The number of hydrogen-bond donors (Lipinski definition) is 2. The van der Waals surface area contributed by atoms with Gasteiger partial charge in [0, 0.05) is 18.3 Å². The summed E-state index contributed by atoms with van der Waals surface area (Å²) in [5.74, 6) is 0. The average Bonchev–Trinajstić information content (AvgIpc) is 2.46. The molecular weight excluding hydrogens is 320 g/mol. The highest BCUT2D eigenvalue weighted by atomic mass is 28.1. The molecule has 0 heterocycles. The Morgan fingerprint density at radius 1 is 0.917 bits per heavy atom. The van der Waals surface area contributed by atoms with E-state index in [2.05, 4.69) is 41.3 Å². The molecule has 4 amide bonds. The predicted octanol–water partition coefficient (Wildman–Crippen LogP) is 2.17. The number of carbonyl (C=O) groups is 2. The molecule has 0 saturated carbocycles. The molecule has 24 heavy (non-hydrogen) atoms. The van der Waals surface area contributed by atoms with Crippen molar-refractivity contribution in [2.75, 3.05) is 41.3 Å². The van der Waals surface area contributed by atoms with Crippen LogP contribution in [0, 0.1) is 0 Å². The first-order chi connectivity index (χ1) is 11.0. The van der Waals surface area contributed by atoms with Gasteiger partial charge in [-0.15, -0.1) is 0 Å². The van der Waals surface area contributed by atoms with Gasteiger partial charge in [0.2, 0.25) is 0 Å². The van der Waals surface area contributed by atoms with Gasteiger partial charge in [0.15, 0.2) is 0 Å². The first-order valence-corrected chi connectivity index (χ1v) is 9.17. The minimum atomic E-state index is -0.454. The van der Waals surface area contributed by atoms with Crippen LogP contribution < -0.4 is 10.6 Å². The lowest BCUT2D eigenvalue weighted by Gasteiger charge is -2.43. The van der Waals surface area contributed by atoms with Gasteiger partial charge >= 0.3 is 12.1 Å². The third kappa shape index (κ3) is 6.03. The maximum Gasteiger partial charge on any atom is 0.421 e. The lowest BCUT2D eigenvalue weighted by Crippen LogP contribution is -2.71. The van der Waals surface area contributed by atoms with Crippen molar-refractivity contribution in [3.05, 3.63) is 11.8 Å². The molecule has 0 aliphatic rings. The van der Waals surface area contributed by atoms with Crippen LogP contribution in [0.25, 0.3) is 0 Å². The minimum absolute atomic E-state index is 0.0136. The zero-order valence-corrected chi connectivity index (χ0v) is 17.2. The zero-order valence-electron chi connectivity index (χ0n) is 16.2. The standard InChI is InChI=1S/C17H33N4O2Si/c1-8-10-12-18-16(22)20(4,5)15(14(3)24)21(6,7)17(23)19-13-11-9-2/h15H,3,8-13H2,1-2,4-7H3/p+2. The van der Waals surface area contributed by atoms with Crippen molar-refractivity contribution in [2.45, 2.75) is 45.7 Å². The Balaban J connectivity index is 5.32. The number of amides is 4. The molecule has 6 nitrogen and oxygen atoms in total. The first-order valence-electron chi connectivity index (χ1n) is 8.67. The van der Waals surface area contributed by atoms with Crippen LogP contribution in [0.3, 0.4) is 0 Å². The van der Waals surface area contributed by atoms with E-state index >= 15 is 0 Å². The highest BCUT2D eigenvalue weighted by Crippen LogP contribution is 2.22. The Bertz CT molecular complexity index is 416. The number of urea groups is 2. The monoisotopic (exact) mass is 355 g/mol. The lowest BCUT2D eigenvalue weighted by atomic mass is 10.2. The van der Waals surface area contributed by atoms with E-state index in [4.69, 9.17) is 0 Å². The van der Waals surface area contributed by atoms with Crippen LogP contribution in [-0.2, 0) is 0 Å². The molecule has 0 unspecified atom stereocenters. The highest BCUT2D eigenvalue weighted by molar-refractivity contribution is 6.21. The molecule has 0 aliphatic carbocycles. The Hall–Kier alpha value is -1.18. The average molecular weight is 356 g/mol. The van der Waals surface area contributed by atoms with Crippen molar-refractivity contribution in [2.24, 2.45) is 0 Å². The van der Waals surface area contributed by atoms with Crippen LogP contribution in [0.5, 0.6) is 0 Å². The van der Waals surface area contributed by atoms with Gasteiger partial charge in [-0.05, 0) is 12.8 Å². The maximum absolute atomic E-state index is 12.7. The van der Waals surface area contributed by atoms with Crippen LogP contribution in [0.15, 0.2) is 11.8 Å². The number of hydrogen-bond acceptors (Lipinski definition) is 2. The number of unbranched alkanes of at least 4 members (excludes halogenated alkanes) is 2. The molecule has 0 spiro atoms. The summed E-state index contributed by atoms with van der Waals surface area (Å²) >= 11 is 0. The van der Waals surface area contributed by atoms with Gasteiger partial charge in [0.25, 0.3) is 6.17 Å². The number of nitrogens with one attached hydrogen (secondary N) is 2. The van der Waals surface area contributed by atoms with Gasteiger partial charge < -0.3 is 10.6 Å². The molecule has 0 bridgehead atoms. The molecule has 2 N–H and O–H groups in total. The Kier molecular flexibility index (Phi) is 9.46. The zero-order chi connectivity index (χ0) is 19.0. The van der Waals surface area contributed by atoms with Crippen LogP contribution in [-0.4, -0.2) is 78.7 Å². The second-order valence-electron chi connectivity index (χ2n) is 7.15. The molecule has 0 atom stereocenters. The number of rotatable bonds is 9. The minimum Gasteiger partial charge on any atom is -0.305 e. The van der Waals surface area contributed by atoms with Crippen molar-refractivity contribution in [1.82, 2.24) is 10.6 Å². The van der Waals surface area contributed by atoms with Gasteiger partial charge in [0.1, 0.15) is 0 Å². The number of carbonyl (C=O) groups excluding carboxylic acids is 2. The molecule has 7 heteroatoms. The van der Waals surface area contributed by atoms with Crippen molar-refractivity contribution >= 4 is 22.3 Å². The van der Waals surface area contributed by atoms with Crippen molar-refractivity contribution < 1.29 is 18.6 Å².